The molecule has 2 aliphatic rings. The third kappa shape index (κ3) is 2.37. The Labute approximate surface area is 108 Å². The number of hydrogen-bond donors (Lipinski definition) is 1. The van der Waals surface area contributed by atoms with Crippen molar-refractivity contribution in [1.82, 2.24) is 5.32 Å². The van der Waals surface area contributed by atoms with E-state index in [0.29, 0.717) is 5.54 Å². The Kier molecular flexibility index (Phi) is 3.25. The van der Waals surface area contributed by atoms with Crippen molar-refractivity contribution in [3.63, 3.8) is 0 Å². The van der Waals surface area contributed by atoms with Gasteiger partial charge < -0.3 is 10.2 Å². The second-order valence-corrected chi connectivity index (χ2v) is 5.67. The molecule has 1 N–H and O–H groups in total. The van der Waals surface area contributed by atoms with Crippen molar-refractivity contribution in [2.45, 2.75) is 37.6 Å². The molecular formula is C15H21FN2. The lowest BCUT2D eigenvalue weighted by Gasteiger charge is -2.34. The van der Waals surface area contributed by atoms with Crippen molar-refractivity contribution in [2.24, 2.45) is 0 Å². The van der Waals surface area contributed by atoms with E-state index < -0.39 is 0 Å². The average Bonchev–Trinajstić information content (AvgIpc) is 2.72. The van der Waals surface area contributed by atoms with Gasteiger partial charge in [-0.05, 0) is 50.1 Å². The Hall–Kier alpha value is -1.09. The molecule has 2 fully saturated rings. The Bertz CT molecular complexity index is 395. The van der Waals surface area contributed by atoms with Crippen molar-refractivity contribution in [3.8, 4) is 0 Å². The molecule has 0 atom stereocenters. The van der Waals surface area contributed by atoms with E-state index in [2.05, 4.69) is 10.2 Å². The first-order valence-corrected chi connectivity index (χ1v) is 7.03. The number of rotatable bonds is 1. The van der Waals surface area contributed by atoms with Crippen molar-refractivity contribution in [1.29, 1.82) is 0 Å². The summed E-state index contributed by atoms with van der Waals surface area (Å²) in [5, 5.41) is 3.75. The van der Waals surface area contributed by atoms with Crippen molar-refractivity contribution >= 4 is 5.69 Å². The predicted molar refractivity (Wildman–Crippen MR) is 72.4 cm³/mol. The second kappa shape index (κ2) is 4.88. The van der Waals surface area contributed by atoms with Crippen LogP contribution in [0.25, 0.3) is 0 Å². The van der Waals surface area contributed by atoms with Crippen LogP contribution >= 0.6 is 0 Å². The molecule has 0 bridgehead atoms. The van der Waals surface area contributed by atoms with E-state index in [1.54, 1.807) is 12.1 Å². The fourth-order valence-electron chi connectivity index (χ4n) is 3.38. The van der Waals surface area contributed by atoms with Crippen molar-refractivity contribution < 1.29 is 4.39 Å². The molecule has 18 heavy (non-hydrogen) atoms. The summed E-state index contributed by atoms with van der Waals surface area (Å²) < 4.78 is 13.0. The quantitative estimate of drug-likeness (QED) is 0.822. The van der Waals surface area contributed by atoms with Crippen LogP contribution in [-0.4, -0.2) is 25.2 Å². The van der Waals surface area contributed by atoms with E-state index in [-0.39, 0.29) is 5.82 Å². The summed E-state index contributed by atoms with van der Waals surface area (Å²) in [5.74, 6) is -0.151. The molecule has 2 nitrogen and oxygen atoms in total. The zero-order valence-corrected chi connectivity index (χ0v) is 10.8. The lowest BCUT2D eigenvalue weighted by Crippen LogP contribution is -2.49. The van der Waals surface area contributed by atoms with Crippen LogP contribution < -0.4 is 10.2 Å². The largest absolute Gasteiger partial charge is 0.370 e. The standard InChI is InChI=1S/C15H21FN2/c16-13-4-6-14(7-5-13)18-11-3-10-17-15(12-18)8-1-2-9-15/h4-7,17H,1-3,8-12H2. The van der Waals surface area contributed by atoms with Gasteiger partial charge in [-0.3, -0.25) is 0 Å². The molecule has 1 aliphatic carbocycles. The molecule has 0 radical (unpaired) electrons. The summed E-state index contributed by atoms with van der Waals surface area (Å²) in [4.78, 5) is 2.42. The zero-order valence-electron chi connectivity index (χ0n) is 10.8. The minimum atomic E-state index is -0.151. The number of anilines is 1. The van der Waals surface area contributed by atoms with Gasteiger partial charge in [-0.2, -0.15) is 0 Å². The molecule has 0 amide bonds. The Morgan fingerprint density at radius 1 is 1.06 bits per heavy atom. The van der Waals surface area contributed by atoms with Gasteiger partial charge in [-0.15, -0.1) is 0 Å². The maximum Gasteiger partial charge on any atom is 0.123 e. The van der Waals surface area contributed by atoms with Crippen molar-refractivity contribution in [3.05, 3.63) is 30.1 Å². The second-order valence-electron chi connectivity index (χ2n) is 5.67. The zero-order chi connectivity index (χ0) is 12.4. The van der Waals surface area contributed by atoms with Crippen LogP contribution in [0.2, 0.25) is 0 Å². The maximum absolute atomic E-state index is 13.0. The molecule has 0 aromatic heterocycles. The molecule has 3 rings (SSSR count). The van der Waals surface area contributed by atoms with Crippen LogP contribution in [0.5, 0.6) is 0 Å². The van der Waals surface area contributed by atoms with Crippen LogP contribution in [-0.2, 0) is 0 Å². The molecule has 1 saturated heterocycles. The van der Waals surface area contributed by atoms with Gasteiger partial charge in [0.15, 0.2) is 0 Å². The highest BCUT2D eigenvalue weighted by Gasteiger charge is 2.36. The van der Waals surface area contributed by atoms with Gasteiger partial charge in [0.05, 0.1) is 0 Å². The van der Waals surface area contributed by atoms with Crippen molar-refractivity contribution in [2.75, 3.05) is 24.5 Å². The SMILES string of the molecule is Fc1ccc(N2CCCNC3(CCCC3)C2)cc1. The third-order valence-electron chi connectivity index (χ3n) is 4.35. The number of nitrogens with one attached hydrogen (secondary N) is 1. The normalized spacial score (nSPS) is 23.3. The minimum absolute atomic E-state index is 0.151. The summed E-state index contributed by atoms with van der Waals surface area (Å²) in [6.07, 6.45) is 6.41. The van der Waals surface area contributed by atoms with Crippen LogP contribution in [0.4, 0.5) is 10.1 Å². The van der Waals surface area contributed by atoms with Crippen LogP contribution in [0.1, 0.15) is 32.1 Å². The third-order valence-corrected chi connectivity index (χ3v) is 4.35. The first-order valence-electron chi connectivity index (χ1n) is 7.03. The predicted octanol–water partition coefficient (Wildman–Crippen LogP) is 2.94. The number of benzene rings is 1. The molecule has 98 valence electrons. The molecule has 1 heterocycles. The summed E-state index contributed by atoms with van der Waals surface area (Å²) in [7, 11) is 0. The summed E-state index contributed by atoms with van der Waals surface area (Å²) in [6.45, 7) is 3.25. The monoisotopic (exact) mass is 248 g/mol. The van der Waals surface area contributed by atoms with Gasteiger partial charge in [0.25, 0.3) is 0 Å². The molecule has 0 unspecified atom stereocenters. The Balaban J connectivity index is 1.80. The van der Waals surface area contributed by atoms with Crippen LogP contribution in [0, 0.1) is 5.82 Å². The maximum atomic E-state index is 13.0. The smallest absolute Gasteiger partial charge is 0.123 e. The van der Waals surface area contributed by atoms with E-state index in [9.17, 15) is 4.39 Å². The topological polar surface area (TPSA) is 15.3 Å². The first-order chi connectivity index (χ1) is 8.77. The summed E-state index contributed by atoms with van der Waals surface area (Å²) >= 11 is 0. The molecule has 1 saturated carbocycles. The highest BCUT2D eigenvalue weighted by molar-refractivity contribution is 5.47. The Morgan fingerprint density at radius 2 is 1.78 bits per heavy atom. The number of hydrogen-bond acceptors (Lipinski definition) is 2. The fraction of sp³-hybridized carbons (Fsp3) is 0.600. The fourth-order valence-corrected chi connectivity index (χ4v) is 3.38. The van der Waals surface area contributed by atoms with Gasteiger partial charge in [-0.1, -0.05) is 12.8 Å². The van der Waals surface area contributed by atoms with Crippen LogP contribution in [0.15, 0.2) is 24.3 Å². The van der Waals surface area contributed by atoms with Gasteiger partial charge in [0.2, 0.25) is 0 Å². The lowest BCUT2D eigenvalue weighted by atomic mass is 9.97. The van der Waals surface area contributed by atoms with E-state index in [1.807, 2.05) is 12.1 Å². The lowest BCUT2D eigenvalue weighted by molar-refractivity contribution is 0.354. The minimum Gasteiger partial charge on any atom is -0.370 e. The van der Waals surface area contributed by atoms with E-state index in [1.165, 1.54) is 32.1 Å². The average molecular weight is 248 g/mol. The van der Waals surface area contributed by atoms with Gasteiger partial charge in [0.1, 0.15) is 5.82 Å². The summed E-state index contributed by atoms with van der Waals surface area (Å²) in [6, 6.07) is 6.94. The summed E-state index contributed by atoms with van der Waals surface area (Å²) in [5.41, 5.74) is 1.47. The molecular weight excluding hydrogens is 227 g/mol. The number of halogens is 1. The molecule has 1 aliphatic heterocycles. The molecule has 3 heteroatoms. The van der Waals surface area contributed by atoms with Gasteiger partial charge in [-0.25, -0.2) is 4.39 Å². The van der Waals surface area contributed by atoms with Crippen LogP contribution in [0.3, 0.4) is 0 Å². The van der Waals surface area contributed by atoms with Gasteiger partial charge >= 0.3 is 0 Å². The first kappa shape index (κ1) is 12.0. The number of nitrogens with zero attached hydrogens (tertiary/aromatic N) is 1. The Morgan fingerprint density at radius 3 is 2.50 bits per heavy atom. The molecule has 1 aromatic carbocycles. The van der Waals surface area contributed by atoms with Gasteiger partial charge in [0, 0.05) is 24.3 Å². The molecule has 1 spiro atoms. The van der Waals surface area contributed by atoms with E-state index in [4.69, 9.17) is 0 Å². The highest BCUT2D eigenvalue weighted by Crippen LogP contribution is 2.33. The van der Waals surface area contributed by atoms with E-state index >= 15 is 0 Å². The highest BCUT2D eigenvalue weighted by atomic mass is 19.1. The van der Waals surface area contributed by atoms with E-state index in [0.717, 1.165) is 25.3 Å². The molecule has 1 aromatic rings.